The topological polar surface area (TPSA) is 9.86 Å². The lowest BCUT2D eigenvalue weighted by Gasteiger charge is -2.38. The summed E-state index contributed by atoms with van der Waals surface area (Å²) < 4.78 is 94.4. The van der Waals surface area contributed by atoms with Crippen molar-refractivity contribution in [3.05, 3.63) is 150 Å². The lowest BCUT2D eigenvalue weighted by molar-refractivity contribution is -0.288. The lowest BCUT2D eigenvalue weighted by Crippen LogP contribution is -2.54. The first-order chi connectivity index (χ1) is 22.6. The molecule has 0 saturated heterocycles. The standard InChI is InChI=1S/C39H26F6N2/c40-38(41,42)37(39(43,44)45,25-17-21-27(22-18-25)46-33-13-5-1-9-29(33)30-10-2-6-14-34(30)46)26-19-23-28(24-20-26)47-35-15-7-3-11-31(35)32-12-4-8-16-36(32)47/h1-3,5-11,13-24H,4,12H2. The maximum atomic E-state index is 15.1. The first-order valence-electron chi connectivity index (χ1n) is 15.2. The Balaban J connectivity index is 1.28. The van der Waals surface area contributed by atoms with Crippen LogP contribution in [0.2, 0.25) is 0 Å². The number of halogens is 6. The van der Waals surface area contributed by atoms with Crippen LogP contribution in [0.25, 0.3) is 50.2 Å². The van der Waals surface area contributed by atoms with Gasteiger partial charge in [-0.1, -0.05) is 84.9 Å². The molecule has 8 heteroatoms. The summed E-state index contributed by atoms with van der Waals surface area (Å²) in [6.07, 6.45) is -5.75. The van der Waals surface area contributed by atoms with Gasteiger partial charge in [0.05, 0.1) is 16.6 Å². The van der Waals surface area contributed by atoms with Gasteiger partial charge in [-0.15, -0.1) is 0 Å². The van der Waals surface area contributed by atoms with E-state index in [-0.39, 0.29) is 0 Å². The van der Waals surface area contributed by atoms with Gasteiger partial charge in [-0.05, 0) is 78.1 Å². The molecule has 0 saturated carbocycles. The second-order valence-corrected chi connectivity index (χ2v) is 11.9. The zero-order chi connectivity index (χ0) is 32.6. The number of aryl methyl sites for hydroxylation is 1. The minimum absolute atomic E-state index is 0.456. The van der Waals surface area contributed by atoms with Crippen molar-refractivity contribution in [2.24, 2.45) is 0 Å². The molecule has 1 aliphatic carbocycles. The summed E-state index contributed by atoms with van der Waals surface area (Å²) in [5, 5.41) is 2.87. The van der Waals surface area contributed by atoms with Crippen LogP contribution in [0.3, 0.4) is 0 Å². The predicted octanol–water partition coefficient (Wildman–Crippen LogP) is 11.1. The first kappa shape index (κ1) is 29.2. The second kappa shape index (κ2) is 10.4. The summed E-state index contributed by atoms with van der Waals surface area (Å²) in [6.45, 7) is 0. The molecule has 0 atom stereocenters. The van der Waals surface area contributed by atoms with Gasteiger partial charge in [0.1, 0.15) is 0 Å². The Hall–Kier alpha value is -5.24. The number of aromatic nitrogens is 2. The Kier molecular flexibility index (Phi) is 6.45. The third-order valence-corrected chi connectivity index (χ3v) is 9.40. The minimum atomic E-state index is -5.69. The van der Waals surface area contributed by atoms with Crippen LogP contribution in [0.5, 0.6) is 0 Å². The van der Waals surface area contributed by atoms with Gasteiger partial charge < -0.3 is 9.13 Å². The van der Waals surface area contributed by atoms with E-state index in [0.29, 0.717) is 11.4 Å². The molecule has 0 spiro atoms. The van der Waals surface area contributed by atoms with Crippen LogP contribution in [0.1, 0.15) is 28.8 Å². The highest BCUT2D eigenvalue weighted by Gasteiger charge is 2.72. The largest absolute Gasteiger partial charge is 0.411 e. The third-order valence-electron chi connectivity index (χ3n) is 9.40. The highest BCUT2D eigenvalue weighted by molar-refractivity contribution is 6.09. The molecule has 2 nitrogen and oxygen atoms in total. The van der Waals surface area contributed by atoms with Crippen LogP contribution in [-0.2, 0) is 11.8 Å². The number of benzene rings is 5. The van der Waals surface area contributed by atoms with Crippen molar-refractivity contribution >= 4 is 38.8 Å². The number of alkyl halides is 6. The zero-order valence-corrected chi connectivity index (χ0v) is 24.8. The molecule has 0 aliphatic heterocycles. The molecular weight excluding hydrogens is 610 g/mol. The maximum Gasteiger partial charge on any atom is 0.411 e. The molecule has 7 aromatic rings. The molecule has 8 rings (SSSR count). The van der Waals surface area contributed by atoms with Crippen LogP contribution in [0.4, 0.5) is 26.3 Å². The second-order valence-electron chi connectivity index (χ2n) is 11.9. The summed E-state index contributed by atoms with van der Waals surface area (Å²) in [7, 11) is 0. The summed E-state index contributed by atoms with van der Waals surface area (Å²) in [4.78, 5) is 0. The van der Waals surface area contributed by atoms with Gasteiger partial charge >= 0.3 is 12.4 Å². The number of allylic oxidation sites excluding steroid dienone is 1. The van der Waals surface area contributed by atoms with Crippen molar-refractivity contribution in [2.75, 3.05) is 0 Å². The summed E-state index contributed by atoms with van der Waals surface area (Å²) in [5.41, 5.74) is -0.692. The number of rotatable bonds is 4. The molecule has 1 aliphatic rings. The van der Waals surface area contributed by atoms with Crippen molar-refractivity contribution in [2.45, 2.75) is 30.6 Å². The number of para-hydroxylation sites is 3. The molecule has 0 radical (unpaired) electrons. The fraction of sp³-hybridized carbons (Fsp3) is 0.128. The number of fused-ring (bicyclic) bond motifs is 6. The van der Waals surface area contributed by atoms with E-state index in [0.717, 1.165) is 81.1 Å². The predicted molar refractivity (Wildman–Crippen MR) is 174 cm³/mol. The summed E-state index contributed by atoms with van der Waals surface area (Å²) in [5.74, 6) is 0. The lowest BCUT2D eigenvalue weighted by atomic mass is 9.73. The highest BCUT2D eigenvalue weighted by atomic mass is 19.4. The molecule has 0 fully saturated rings. The summed E-state index contributed by atoms with van der Waals surface area (Å²) >= 11 is 0. The van der Waals surface area contributed by atoms with Crippen LogP contribution in [0, 0.1) is 0 Å². The van der Waals surface area contributed by atoms with Crippen LogP contribution < -0.4 is 0 Å². The molecule has 5 aromatic carbocycles. The molecule has 0 amide bonds. The van der Waals surface area contributed by atoms with Crippen molar-refractivity contribution in [1.82, 2.24) is 9.13 Å². The van der Waals surface area contributed by atoms with Gasteiger partial charge in [-0.25, -0.2) is 0 Å². The molecule has 47 heavy (non-hydrogen) atoms. The highest BCUT2D eigenvalue weighted by Crippen LogP contribution is 2.56. The van der Waals surface area contributed by atoms with Crippen molar-refractivity contribution in [3.8, 4) is 11.4 Å². The summed E-state index contributed by atoms with van der Waals surface area (Å²) in [6, 6.07) is 32.0. The maximum absolute atomic E-state index is 15.1. The fourth-order valence-corrected chi connectivity index (χ4v) is 7.37. The van der Waals surface area contributed by atoms with E-state index in [4.69, 9.17) is 0 Å². The molecule has 0 bridgehead atoms. The smallest absolute Gasteiger partial charge is 0.310 e. The molecule has 234 valence electrons. The Bertz CT molecular complexity index is 2250. The molecule has 2 heterocycles. The van der Waals surface area contributed by atoms with Gasteiger partial charge in [-0.3, -0.25) is 0 Å². The molecular formula is C39H26F6N2. The van der Waals surface area contributed by atoms with E-state index in [1.165, 1.54) is 24.3 Å². The normalized spacial score (nSPS) is 13.9. The van der Waals surface area contributed by atoms with Crippen molar-refractivity contribution in [1.29, 1.82) is 0 Å². The van der Waals surface area contributed by atoms with Crippen LogP contribution in [0.15, 0.2) is 127 Å². The number of nitrogens with zero attached hydrogens (tertiary/aromatic N) is 2. The van der Waals surface area contributed by atoms with Gasteiger partial charge in [-0.2, -0.15) is 26.3 Å². The Morgan fingerprint density at radius 2 is 0.894 bits per heavy atom. The van der Waals surface area contributed by atoms with E-state index in [2.05, 4.69) is 0 Å². The zero-order valence-electron chi connectivity index (χ0n) is 24.8. The minimum Gasteiger partial charge on any atom is -0.310 e. The Morgan fingerprint density at radius 1 is 0.468 bits per heavy atom. The van der Waals surface area contributed by atoms with E-state index < -0.39 is 28.9 Å². The average Bonchev–Trinajstić information content (AvgIpc) is 3.58. The van der Waals surface area contributed by atoms with Gasteiger partial charge in [0.2, 0.25) is 5.41 Å². The van der Waals surface area contributed by atoms with Gasteiger partial charge in [0.25, 0.3) is 0 Å². The van der Waals surface area contributed by atoms with Crippen LogP contribution in [-0.4, -0.2) is 21.5 Å². The average molecular weight is 637 g/mol. The Labute approximate surface area is 265 Å². The van der Waals surface area contributed by atoms with Gasteiger partial charge in [0, 0.05) is 33.2 Å². The fourth-order valence-electron chi connectivity index (χ4n) is 7.37. The van der Waals surface area contributed by atoms with E-state index in [1.54, 1.807) is 0 Å². The van der Waals surface area contributed by atoms with Crippen LogP contribution >= 0.6 is 0 Å². The van der Waals surface area contributed by atoms with Crippen molar-refractivity contribution in [3.63, 3.8) is 0 Å². The SMILES string of the molecule is FC(F)(F)C(c1ccc(-n2c3c(c4ccccc42)CCC=C3)cc1)(c1ccc(-n2c3ccccc3c3ccccc32)cc1)C(F)(F)F. The number of hydrogen-bond donors (Lipinski definition) is 0. The molecule has 2 aromatic heterocycles. The third kappa shape index (κ3) is 4.20. The van der Waals surface area contributed by atoms with E-state index in [9.17, 15) is 0 Å². The van der Waals surface area contributed by atoms with E-state index in [1.807, 2.05) is 94.1 Å². The van der Waals surface area contributed by atoms with Gasteiger partial charge in [0.15, 0.2) is 0 Å². The quantitative estimate of drug-likeness (QED) is 0.170. The molecule has 0 N–H and O–H groups in total. The number of hydrogen-bond acceptors (Lipinski definition) is 0. The molecule has 0 unspecified atom stereocenters. The van der Waals surface area contributed by atoms with E-state index >= 15 is 26.3 Å². The monoisotopic (exact) mass is 636 g/mol. The van der Waals surface area contributed by atoms with Crippen molar-refractivity contribution < 1.29 is 26.3 Å². The first-order valence-corrected chi connectivity index (χ1v) is 15.2. The Morgan fingerprint density at radius 3 is 1.38 bits per heavy atom.